The molecule has 0 fully saturated rings. The van der Waals surface area contributed by atoms with Gasteiger partial charge < -0.3 is 10.4 Å². The molecule has 0 aliphatic rings. The molecular formula is C8H11Cl3CoNO. The fourth-order valence-corrected chi connectivity index (χ4v) is 0.756. The van der Waals surface area contributed by atoms with E-state index in [9.17, 15) is 0 Å². The second-order valence-corrected chi connectivity index (χ2v) is 7.32. The van der Waals surface area contributed by atoms with Crippen molar-refractivity contribution in [3.05, 3.63) is 30.3 Å². The average Bonchev–Trinajstić information content (AvgIpc) is 2.15. The molecule has 0 saturated carbocycles. The van der Waals surface area contributed by atoms with Crippen molar-refractivity contribution < 1.29 is 16.1 Å². The molecule has 0 atom stereocenters. The minimum absolute atomic E-state index is 0.175. The molecule has 1 rings (SSSR count). The van der Waals surface area contributed by atoms with E-state index in [1.54, 1.807) is 0 Å². The second kappa shape index (κ2) is 9.89. The third kappa shape index (κ3) is 10.4. The van der Waals surface area contributed by atoms with Crippen LogP contribution in [0.1, 0.15) is 0 Å². The number of rotatable bonds is 3. The summed E-state index contributed by atoms with van der Waals surface area (Å²) in [6.07, 6.45) is 0. The number of aliphatic hydroxyl groups excluding tert-OH is 1. The molecule has 2 N–H and O–H groups in total. The Morgan fingerprint density at radius 1 is 1.14 bits per heavy atom. The van der Waals surface area contributed by atoms with Crippen LogP contribution in [0.5, 0.6) is 0 Å². The zero-order valence-corrected chi connectivity index (χ0v) is 10.5. The summed E-state index contributed by atoms with van der Waals surface area (Å²) < 4.78 is 0. The zero-order valence-electron chi connectivity index (χ0n) is 7.22. The third-order valence-corrected chi connectivity index (χ3v) is 1.21. The van der Waals surface area contributed by atoms with Gasteiger partial charge in [0.15, 0.2) is 0 Å². The summed E-state index contributed by atoms with van der Waals surface area (Å²) >= 11 is 0. The van der Waals surface area contributed by atoms with E-state index in [0.717, 1.165) is 5.69 Å². The van der Waals surface area contributed by atoms with Crippen LogP contribution in [0, 0.1) is 0 Å². The van der Waals surface area contributed by atoms with Gasteiger partial charge >= 0.3 is 41.4 Å². The van der Waals surface area contributed by atoms with Crippen LogP contribution >= 0.6 is 30.4 Å². The number of para-hydroxylation sites is 1. The van der Waals surface area contributed by atoms with Gasteiger partial charge in [-0.1, -0.05) is 18.2 Å². The van der Waals surface area contributed by atoms with Crippen molar-refractivity contribution in [2.75, 3.05) is 18.5 Å². The molecule has 0 aliphatic carbocycles. The van der Waals surface area contributed by atoms with Gasteiger partial charge in [-0.2, -0.15) is 0 Å². The number of anilines is 1. The van der Waals surface area contributed by atoms with E-state index in [4.69, 9.17) is 35.5 Å². The summed E-state index contributed by atoms with van der Waals surface area (Å²) in [4.78, 5) is 0. The van der Waals surface area contributed by atoms with E-state index < -0.39 is 10.9 Å². The number of hydrogen-bond donors (Lipinski definition) is 2. The maximum absolute atomic E-state index is 8.47. The van der Waals surface area contributed by atoms with Gasteiger partial charge in [-0.25, -0.2) is 0 Å². The van der Waals surface area contributed by atoms with Gasteiger partial charge in [-0.15, -0.1) is 0 Å². The molecule has 0 aromatic heterocycles. The fourth-order valence-electron chi connectivity index (χ4n) is 0.756. The molecule has 1 aromatic carbocycles. The van der Waals surface area contributed by atoms with E-state index in [1.807, 2.05) is 30.3 Å². The SMILES string of the molecule is OCCNc1ccccc1.[Cl][Co]([Cl])[Cl]. The van der Waals surface area contributed by atoms with Crippen molar-refractivity contribution in [3.8, 4) is 0 Å². The van der Waals surface area contributed by atoms with E-state index in [0.29, 0.717) is 6.54 Å². The minimum atomic E-state index is -1.19. The topological polar surface area (TPSA) is 32.3 Å². The molecule has 84 valence electrons. The predicted octanol–water partition coefficient (Wildman–Crippen LogP) is 3.16. The molecule has 0 heterocycles. The summed E-state index contributed by atoms with van der Waals surface area (Å²) in [6, 6.07) is 9.81. The van der Waals surface area contributed by atoms with Crippen molar-refractivity contribution in [1.29, 1.82) is 0 Å². The Hall–Kier alpha value is 0.356. The van der Waals surface area contributed by atoms with Gasteiger partial charge in [-0.05, 0) is 12.1 Å². The summed E-state index contributed by atoms with van der Waals surface area (Å²) in [6.45, 7) is 0.791. The first-order valence-electron chi connectivity index (χ1n) is 3.71. The molecule has 0 aliphatic heterocycles. The molecule has 0 radical (unpaired) electrons. The number of aliphatic hydroxyl groups is 1. The Kier molecular flexibility index (Phi) is 10.1. The quantitative estimate of drug-likeness (QED) is 0.899. The zero-order chi connectivity index (χ0) is 10.8. The maximum atomic E-state index is 8.47. The summed E-state index contributed by atoms with van der Waals surface area (Å²) in [5.74, 6) is 0. The third-order valence-electron chi connectivity index (χ3n) is 1.21. The molecule has 0 spiro atoms. The van der Waals surface area contributed by atoms with Crippen LogP contribution in [-0.4, -0.2) is 18.3 Å². The molecule has 0 bridgehead atoms. The molecular weight excluding hydrogens is 291 g/mol. The first-order valence-corrected chi connectivity index (χ1v) is 8.01. The molecule has 2 nitrogen and oxygen atoms in total. The van der Waals surface area contributed by atoms with Gasteiger partial charge in [0.25, 0.3) is 0 Å². The van der Waals surface area contributed by atoms with Crippen LogP contribution in [-0.2, 0) is 10.9 Å². The Morgan fingerprint density at radius 3 is 2.07 bits per heavy atom. The molecule has 0 unspecified atom stereocenters. The van der Waals surface area contributed by atoms with Crippen molar-refractivity contribution in [1.82, 2.24) is 0 Å². The van der Waals surface area contributed by atoms with Gasteiger partial charge in [0.1, 0.15) is 0 Å². The normalized spacial score (nSPS) is 9.86. The first-order chi connectivity index (χ1) is 6.66. The number of nitrogens with one attached hydrogen (secondary N) is 1. The number of hydrogen-bond acceptors (Lipinski definition) is 2. The van der Waals surface area contributed by atoms with Gasteiger partial charge in [0, 0.05) is 12.2 Å². The monoisotopic (exact) mass is 301 g/mol. The standard InChI is InChI=1S/C8H11NO.3ClH.Co/c10-7-6-9-8-4-2-1-3-5-8;;;;/h1-5,9-10H,6-7H2;3*1H;/q;;;;+3/p-3. The Morgan fingerprint density at radius 2 is 1.64 bits per heavy atom. The van der Waals surface area contributed by atoms with E-state index in [-0.39, 0.29) is 6.61 Å². The summed E-state index contributed by atoms with van der Waals surface area (Å²) in [7, 11) is 13.4. The molecule has 1 aromatic rings. The van der Waals surface area contributed by atoms with Crippen LogP contribution in [0.3, 0.4) is 0 Å². The van der Waals surface area contributed by atoms with Crippen LogP contribution in [0.25, 0.3) is 0 Å². The number of halogens is 3. The molecule has 6 heteroatoms. The Balaban J connectivity index is 0.000000364. The van der Waals surface area contributed by atoms with Gasteiger partial charge in [0.2, 0.25) is 0 Å². The van der Waals surface area contributed by atoms with Crippen LogP contribution in [0.15, 0.2) is 30.3 Å². The Labute approximate surface area is 101 Å². The predicted molar refractivity (Wildman–Crippen MR) is 59.6 cm³/mol. The van der Waals surface area contributed by atoms with Crippen LogP contribution < -0.4 is 5.32 Å². The van der Waals surface area contributed by atoms with Crippen molar-refractivity contribution in [2.24, 2.45) is 0 Å². The first kappa shape index (κ1) is 14.4. The number of benzene rings is 1. The van der Waals surface area contributed by atoms with Gasteiger partial charge in [0.05, 0.1) is 6.61 Å². The Bertz CT molecular complexity index is 220. The molecule has 14 heavy (non-hydrogen) atoms. The second-order valence-electron chi connectivity index (χ2n) is 2.16. The van der Waals surface area contributed by atoms with Crippen molar-refractivity contribution in [2.45, 2.75) is 0 Å². The van der Waals surface area contributed by atoms with Crippen LogP contribution in [0.2, 0.25) is 0 Å². The van der Waals surface area contributed by atoms with E-state index >= 15 is 0 Å². The van der Waals surface area contributed by atoms with E-state index in [1.165, 1.54) is 0 Å². The fraction of sp³-hybridized carbons (Fsp3) is 0.250. The van der Waals surface area contributed by atoms with Crippen molar-refractivity contribution >= 4 is 36.1 Å². The summed E-state index contributed by atoms with van der Waals surface area (Å²) in [5, 5.41) is 11.5. The molecule has 0 amide bonds. The van der Waals surface area contributed by atoms with Crippen molar-refractivity contribution in [3.63, 3.8) is 0 Å². The average molecular weight is 302 g/mol. The summed E-state index contributed by atoms with van der Waals surface area (Å²) in [5.41, 5.74) is 1.05. The van der Waals surface area contributed by atoms with Crippen LogP contribution in [0.4, 0.5) is 5.69 Å². The molecule has 0 saturated heterocycles. The van der Waals surface area contributed by atoms with E-state index in [2.05, 4.69) is 5.32 Å². The van der Waals surface area contributed by atoms with Gasteiger partial charge in [-0.3, -0.25) is 0 Å².